The van der Waals surface area contributed by atoms with Gasteiger partial charge in [-0.1, -0.05) is 24.6 Å². The summed E-state index contributed by atoms with van der Waals surface area (Å²) in [6.07, 6.45) is 1.02. The van der Waals surface area contributed by atoms with Crippen LogP contribution in [-0.4, -0.2) is 0 Å². The van der Waals surface area contributed by atoms with Crippen LogP contribution in [0.1, 0.15) is 17.4 Å². The van der Waals surface area contributed by atoms with E-state index in [1.165, 1.54) is 10.4 Å². The van der Waals surface area contributed by atoms with Crippen LogP contribution in [0.5, 0.6) is 0 Å². The van der Waals surface area contributed by atoms with Crippen LogP contribution in [0, 0.1) is 6.92 Å². The van der Waals surface area contributed by atoms with E-state index in [4.69, 9.17) is 17.3 Å². The van der Waals surface area contributed by atoms with Gasteiger partial charge in [-0.05, 0) is 42.7 Å². The van der Waals surface area contributed by atoms with Crippen LogP contribution in [0.25, 0.3) is 11.1 Å². The van der Waals surface area contributed by atoms with Gasteiger partial charge in [0.05, 0.1) is 5.00 Å². The molecule has 0 unspecified atom stereocenters. The average molecular weight is 252 g/mol. The summed E-state index contributed by atoms with van der Waals surface area (Å²) in [6, 6.07) is 8.08. The second kappa shape index (κ2) is 4.48. The van der Waals surface area contributed by atoms with Gasteiger partial charge in [0.15, 0.2) is 0 Å². The first-order valence-corrected chi connectivity index (χ1v) is 6.46. The first kappa shape index (κ1) is 11.5. The number of hydrogen-bond donors (Lipinski definition) is 1. The van der Waals surface area contributed by atoms with Gasteiger partial charge in [0, 0.05) is 15.5 Å². The molecule has 3 heteroatoms. The molecule has 1 aromatic carbocycles. The quantitative estimate of drug-likeness (QED) is 0.834. The Morgan fingerprint density at radius 3 is 2.62 bits per heavy atom. The Bertz CT molecular complexity index is 517. The zero-order valence-electron chi connectivity index (χ0n) is 9.38. The second-order valence-electron chi connectivity index (χ2n) is 3.80. The molecule has 0 aliphatic heterocycles. The van der Waals surface area contributed by atoms with E-state index in [1.807, 2.05) is 18.2 Å². The van der Waals surface area contributed by atoms with E-state index >= 15 is 0 Å². The number of aryl methyl sites for hydroxylation is 2. The number of nitrogens with two attached hydrogens (primary N) is 1. The molecule has 2 aromatic rings. The number of anilines is 1. The van der Waals surface area contributed by atoms with Gasteiger partial charge in [0.25, 0.3) is 0 Å². The monoisotopic (exact) mass is 251 g/mol. The van der Waals surface area contributed by atoms with Crippen LogP contribution >= 0.6 is 22.9 Å². The van der Waals surface area contributed by atoms with E-state index < -0.39 is 0 Å². The van der Waals surface area contributed by atoms with E-state index in [9.17, 15) is 0 Å². The van der Waals surface area contributed by atoms with Crippen molar-refractivity contribution in [1.29, 1.82) is 0 Å². The van der Waals surface area contributed by atoms with E-state index in [1.54, 1.807) is 11.3 Å². The summed E-state index contributed by atoms with van der Waals surface area (Å²) >= 11 is 7.68. The summed E-state index contributed by atoms with van der Waals surface area (Å²) in [4.78, 5) is 1.31. The molecular formula is C13H14ClNS. The zero-order valence-corrected chi connectivity index (χ0v) is 11.0. The Labute approximate surface area is 105 Å². The van der Waals surface area contributed by atoms with Gasteiger partial charge in [-0.15, -0.1) is 11.3 Å². The van der Waals surface area contributed by atoms with Crippen LogP contribution in [-0.2, 0) is 6.42 Å². The highest BCUT2D eigenvalue weighted by Crippen LogP contribution is 2.36. The minimum atomic E-state index is 0.754. The van der Waals surface area contributed by atoms with Crippen LogP contribution in [0.4, 0.5) is 5.00 Å². The van der Waals surface area contributed by atoms with Gasteiger partial charge in [0.2, 0.25) is 0 Å². The lowest BCUT2D eigenvalue weighted by atomic mass is 10.0. The van der Waals surface area contributed by atoms with E-state index in [-0.39, 0.29) is 0 Å². The van der Waals surface area contributed by atoms with Crippen LogP contribution in [0.2, 0.25) is 5.02 Å². The fraction of sp³-hybridized carbons (Fsp3) is 0.231. The van der Waals surface area contributed by atoms with Crippen molar-refractivity contribution in [3.63, 3.8) is 0 Å². The Morgan fingerprint density at radius 2 is 2.00 bits per heavy atom. The lowest BCUT2D eigenvalue weighted by Gasteiger charge is -2.05. The molecule has 0 bridgehead atoms. The molecule has 0 atom stereocenters. The third-order valence-electron chi connectivity index (χ3n) is 2.65. The van der Waals surface area contributed by atoms with Gasteiger partial charge in [-0.3, -0.25) is 0 Å². The molecule has 0 fully saturated rings. The molecule has 0 saturated heterocycles. The molecule has 0 amide bonds. The topological polar surface area (TPSA) is 26.0 Å². The fourth-order valence-corrected chi connectivity index (χ4v) is 2.78. The zero-order chi connectivity index (χ0) is 11.7. The number of benzene rings is 1. The van der Waals surface area contributed by atoms with E-state index in [0.29, 0.717) is 0 Å². The maximum absolute atomic E-state index is 6.04. The van der Waals surface area contributed by atoms with Crippen molar-refractivity contribution >= 4 is 27.9 Å². The SMILES string of the molecule is CCc1cc(-c2cc(Cl)ccc2C)c(N)s1. The Kier molecular flexibility index (Phi) is 3.22. The molecule has 1 heterocycles. The van der Waals surface area contributed by atoms with Crippen LogP contribution in [0.3, 0.4) is 0 Å². The summed E-state index contributed by atoms with van der Waals surface area (Å²) in [5.41, 5.74) is 9.50. The van der Waals surface area contributed by atoms with Gasteiger partial charge in [-0.2, -0.15) is 0 Å². The Hall–Kier alpha value is -0.990. The van der Waals surface area contributed by atoms with Gasteiger partial charge in [0.1, 0.15) is 0 Å². The molecule has 2 N–H and O–H groups in total. The molecule has 1 aromatic heterocycles. The molecule has 0 spiro atoms. The van der Waals surface area contributed by atoms with E-state index in [0.717, 1.165) is 27.6 Å². The maximum Gasteiger partial charge on any atom is 0.0939 e. The van der Waals surface area contributed by atoms with Crippen molar-refractivity contribution in [2.24, 2.45) is 0 Å². The normalized spacial score (nSPS) is 10.7. The van der Waals surface area contributed by atoms with Crippen LogP contribution < -0.4 is 5.73 Å². The smallest absolute Gasteiger partial charge is 0.0939 e. The first-order chi connectivity index (χ1) is 7.61. The summed E-state index contributed by atoms with van der Waals surface area (Å²) in [7, 11) is 0. The summed E-state index contributed by atoms with van der Waals surface area (Å²) in [6.45, 7) is 4.22. The lowest BCUT2D eigenvalue weighted by Crippen LogP contribution is -1.86. The molecule has 0 aliphatic carbocycles. The number of nitrogen functional groups attached to an aromatic ring is 1. The van der Waals surface area contributed by atoms with Crippen molar-refractivity contribution in [3.05, 3.63) is 39.7 Å². The largest absolute Gasteiger partial charge is 0.390 e. The van der Waals surface area contributed by atoms with Crippen molar-refractivity contribution < 1.29 is 0 Å². The van der Waals surface area contributed by atoms with Crippen molar-refractivity contribution in [3.8, 4) is 11.1 Å². The third-order valence-corrected chi connectivity index (χ3v) is 3.99. The summed E-state index contributed by atoms with van der Waals surface area (Å²) < 4.78 is 0. The van der Waals surface area contributed by atoms with Crippen molar-refractivity contribution in [2.45, 2.75) is 20.3 Å². The highest BCUT2D eigenvalue weighted by atomic mass is 35.5. The molecule has 2 rings (SSSR count). The molecule has 0 aliphatic rings. The number of halogens is 1. The number of rotatable bonds is 2. The highest BCUT2D eigenvalue weighted by molar-refractivity contribution is 7.16. The highest BCUT2D eigenvalue weighted by Gasteiger charge is 2.10. The summed E-state index contributed by atoms with van der Waals surface area (Å²) in [5, 5.41) is 1.63. The van der Waals surface area contributed by atoms with Crippen LogP contribution in [0.15, 0.2) is 24.3 Å². The predicted molar refractivity (Wildman–Crippen MR) is 73.3 cm³/mol. The van der Waals surface area contributed by atoms with Gasteiger partial charge in [-0.25, -0.2) is 0 Å². The Morgan fingerprint density at radius 1 is 1.25 bits per heavy atom. The van der Waals surface area contributed by atoms with E-state index in [2.05, 4.69) is 19.9 Å². The molecule has 16 heavy (non-hydrogen) atoms. The number of thiophene rings is 1. The first-order valence-electron chi connectivity index (χ1n) is 5.26. The second-order valence-corrected chi connectivity index (χ2v) is 5.41. The molecule has 84 valence electrons. The van der Waals surface area contributed by atoms with Crippen molar-refractivity contribution in [2.75, 3.05) is 5.73 Å². The molecule has 0 saturated carbocycles. The molecular weight excluding hydrogens is 238 g/mol. The minimum absolute atomic E-state index is 0.754. The lowest BCUT2D eigenvalue weighted by molar-refractivity contribution is 1.19. The van der Waals surface area contributed by atoms with Gasteiger partial charge >= 0.3 is 0 Å². The molecule has 0 radical (unpaired) electrons. The Balaban J connectivity index is 2.57. The standard InChI is InChI=1S/C13H14ClNS/c1-3-10-7-12(13(15)16-10)11-6-9(14)5-4-8(11)2/h4-7H,3,15H2,1-2H3. The fourth-order valence-electron chi connectivity index (χ4n) is 1.73. The predicted octanol–water partition coefficient (Wildman–Crippen LogP) is 4.52. The summed E-state index contributed by atoms with van der Waals surface area (Å²) in [5.74, 6) is 0. The average Bonchev–Trinajstić information content (AvgIpc) is 2.63. The maximum atomic E-state index is 6.04. The molecule has 1 nitrogen and oxygen atoms in total. The van der Waals surface area contributed by atoms with Crippen molar-refractivity contribution in [1.82, 2.24) is 0 Å². The van der Waals surface area contributed by atoms with Gasteiger partial charge < -0.3 is 5.73 Å². The minimum Gasteiger partial charge on any atom is -0.390 e. The number of hydrogen-bond acceptors (Lipinski definition) is 2. The third kappa shape index (κ3) is 2.08.